The standard InChI is InChI=1S/C9H8BrFN2O/c10-6-3-5-1-2-13(9(12)14)8(5)4-7(6)11/h3-4H,1-2H2,(H2,12,14). The quantitative estimate of drug-likeness (QED) is 0.761. The maximum atomic E-state index is 13.2. The number of fused-ring (bicyclic) bond motifs is 1. The average Bonchev–Trinajstić information content (AvgIpc) is 2.48. The lowest BCUT2D eigenvalue weighted by Crippen LogP contribution is -2.34. The van der Waals surface area contributed by atoms with Gasteiger partial charge < -0.3 is 5.73 Å². The monoisotopic (exact) mass is 258 g/mol. The van der Waals surface area contributed by atoms with Crippen LogP contribution in [0.25, 0.3) is 0 Å². The lowest BCUT2D eigenvalue weighted by Gasteiger charge is -2.13. The summed E-state index contributed by atoms with van der Waals surface area (Å²) in [6.45, 7) is 0.528. The maximum Gasteiger partial charge on any atom is 0.319 e. The van der Waals surface area contributed by atoms with Gasteiger partial charge in [-0.15, -0.1) is 0 Å². The molecule has 0 atom stereocenters. The van der Waals surface area contributed by atoms with Crippen molar-refractivity contribution in [3.63, 3.8) is 0 Å². The van der Waals surface area contributed by atoms with Gasteiger partial charge in [0, 0.05) is 6.54 Å². The van der Waals surface area contributed by atoms with Crippen molar-refractivity contribution in [1.29, 1.82) is 0 Å². The number of carbonyl (C=O) groups excluding carboxylic acids is 1. The van der Waals surface area contributed by atoms with E-state index in [0.29, 0.717) is 16.7 Å². The van der Waals surface area contributed by atoms with Crippen LogP contribution < -0.4 is 10.6 Å². The molecular weight excluding hydrogens is 251 g/mol. The zero-order valence-electron chi connectivity index (χ0n) is 7.26. The number of urea groups is 1. The second kappa shape index (κ2) is 3.24. The van der Waals surface area contributed by atoms with Gasteiger partial charge in [-0.2, -0.15) is 0 Å². The minimum absolute atomic E-state index is 0.378. The molecule has 2 rings (SSSR count). The van der Waals surface area contributed by atoms with Crippen LogP contribution in [0.1, 0.15) is 5.56 Å². The van der Waals surface area contributed by atoms with Crippen LogP contribution in [0.2, 0.25) is 0 Å². The van der Waals surface area contributed by atoms with E-state index < -0.39 is 6.03 Å². The van der Waals surface area contributed by atoms with E-state index in [1.807, 2.05) is 0 Å². The van der Waals surface area contributed by atoms with Gasteiger partial charge in [0.2, 0.25) is 0 Å². The number of hydrogen-bond acceptors (Lipinski definition) is 1. The molecule has 74 valence electrons. The molecule has 2 N–H and O–H groups in total. The fraction of sp³-hybridized carbons (Fsp3) is 0.222. The molecule has 0 unspecified atom stereocenters. The molecule has 0 fully saturated rings. The van der Waals surface area contributed by atoms with E-state index in [1.54, 1.807) is 6.07 Å². The third kappa shape index (κ3) is 1.37. The molecule has 1 aromatic carbocycles. The highest BCUT2D eigenvalue weighted by Crippen LogP contribution is 2.32. The van der Waals surface area contributed by atoms with E-state index in [-0.39, 0.29) is 5.82 Å². The molecule has 2 amide bonds. The molecule has 0 saturated carbocycles. The summed E-state index contributed by atoms with van der Waals surface area (Å²) >= 11 is 3.10. The van der Waals surface area contributed by atoms with Crippen LogP contribution in [0.15, 0.2) is 16.6 Å². The normalized spacial score (nSPS) is 14.3. The molecule has 0 radical (unpaired) electrons. The second-order valence-corrected chi connectivity index (χ2v) is 3.99. The zero-order chi connectivity index (χ0) is 10.3. The van der Waals surface area contributed by atoms with Crippen molar-refractivity contribution in [1.82, 2.24) is 0 Å². The summed E-state index contributed by atoms with van der Waals surface area (Å²) in [7, 11) is 0. The Morgan fingerprint density at radius 3 is 2.93 bits per heavy atom. The van der Waals surface area contributed by atoms with E-state index in [0.717, 1.165) is 12.0 Å². The Morgan fingerprint density at radius 1 is 1.57 bits per heavy atom. The van der Waals surface area contributed by atoms with Crippen molar-refractivity contribution < 1.29 is 9.18 Å². The zero-order valence-corrected chi connectivity index (χ0v) is 8.84. The Balaban J connectivity index is 2.50. The van der Waals surface area contributed by atoms with Gasteiger partial charge in [0.15, 0.2) is 0 Å². The molecular formula is C9H8BrFN2O. The highest BCUT2D eigenvalue weighted by molar-refractivity contribution is 9.10. The second-order valence-electron chi connectivity index (χ2n) is 3.13. The first-order chi connectivity index (χ1) is 6.59. The molecule has 0 saturated heterocycles. The third-order valence-electron chi connectivity index (χ3n) is 2.28. The van der Waals surface area contributed by atoms with Crippen LogP contribution in [0, 0.1) is 5.82 Å². The van der Waals surface area contributed by atoms with Crippen LogP contribution in [-0.2, 0) is 6.42 Å². The summed E-state index contributed by atoms with van der Waals surface area (Å²) in [4.78, 5) is 12.4. The molecule has 0 spiro atoms. The number of amides is 2. The van der Waals surface area contributed by atoms with Crippen molar-refractivity contribution in [3.05, 3.63) is 28.0 Å². The fourth-order valence-corrected chi connectivity index (χ4v) is 2.00. The lowest BCUT2D eigenvalue weighted by atomic mass is 10.2. The van der Waals surface area contributed by atoms with Crippen molar-refractivity contribution in [2.24, 2.45) is 5.73 Å². The number of nitrogens with zero attached hydrogens (tertiary/aromatic N) is 1. The lowest BCUT2D eigenvalue weighted by molar-refractivity contribution is 0.254. The van der Waals surface area contributed by atoms with Crippen LogP contribution in [-0.4, -0.2) is 12.6 Å². The predicted octanol–water partition coefficient (Wildman–Crippen LogP) is 2.03. The van der Waals surface area contributed by atoms with Gasteiger partial charge in [-0.05, 0) is 40.0 Å². The number of benzene rings is 1. The fourth-order valence-electron chi connectivity index (χ4n) is 1.61. The average molecular weight is 259 g/mol. The Morgan fingerprint density at radius 2 is 2.29 bits per heavy atom. The van der Waals surface area contributed by atoms with Gasteiger partial charge in [0.25, 0.3) is 0 Å². The largest absolute Gasteiger partial charge is 0.351 e. The minimum Gasteiger partial charge on any atom is -0.351 e. The molecule has 1 aliphatic heterocycles. The van der Waals surface area contributed by atoms with Gasteiger partial charge >= 0.3 is 6.03 Å². The first kappa shape index (κ1) is 9.45. The van der Waals surface area contributed by atoms with Gasteiger partial charge in [-0.25, -0.2) is 9.18 Å². The number of hydrogen-bond donors (Lipinski definition) is 1. The van der Waals surface area contributed by atoms with Crippen molar-refractivity contribution in [3.8, 4) is 0 Å². The summed E-state index contributed by atoms with van der Waals surface area (Å²) in [5.41, 5.74) is 6.68. The van der Waals surface area contributed by atoms with Crippen molar-refractivity contribution in [2.75, 3.05) is 11.4 Å². The molecule has 14 heavy (non-hydrogen) atoms. The number of halogens is 2. The van der Waals surface area contributed by atoms with E-state index in [2.05, 4.69) is 15.9 Å². The summed E-state index contributed by atoms with van der Waals surface area (Å²) < 4.78 is 13.6. The van der Waals surface area contributed by atoms with E-state index in [1.165, 1.54) is 11.0 Å². The number of carbonyl (C=O) groups is 1. The van der Waals surface area contributed by atoms with E-state index >= 15 is 0 Å². The number of nitrogens with two attached hydrogens (primary N) is 1. The van der Waals surface area contributed by atoms with Crippen LogP contribution in [0.3, 0.4) is 0 Å². The Labute approximate surface area is 88.8 Å². The molecule has 1 aromatic rings. The van der Waals surface area contributed by atoms with E-state index in [9.17, 15) is 9.18 Å². The molecule has 0 aliphatic carbocycles. The summed E-state index contributed by atoms with van der Waals surface area (Å²) in [6.07, 6.45) is 0.719. The Bertz CT molecular complexity index is 408. The summed E-state index contributed by atoms with van der Waals surface area (Å²) in [5.74, 6) is -0.378. The predicted molar refractivity (Wildman–Crippen MR) is 54.7 cm³/mol. The van der Waals surface area contributed by atoms with Gasteiger partial charge in [0.1, 0.15) is 5.82 Å². The van der Waals surface area contributed by atoms with Crippen molar-refractivity contribution in [2.45, 2.75) is 6.42 Å². The highest BCUT2D eigenvalue weighted by Gasteiger charge is 2.24. The topological polar surface area (TPSA) is 46.3 Å². The number of primary amides is 1. The Hall–Kier alpha value is -1.10. The SMILES string of the molecule is NC(=O)N1CCc2cc(Br)c(F)cc21. The molecule has 0 aromatic heterocycles. The number of anilines is 1. The van der Waals surface area contributed by atoms with E-state index in [4.69, 9.17) is 5.73 Å². The Kier molecular flexibility index (Phi) is 2.19. The summed E-state index contributed by atoms with van der Waals surface area (Å²) in [5, 5.41) is 0. The summed E-state index contributed by atoms with van der Waals surface area (Å²) in [6, 6.07) is 2.48. The first-order valence-corrected chi connectivity index (χ1v) is 4.94. The van der Waals surface area contributed by atoms with Crippen molar-refractivity contribution >= 4 is 27.6 Å². The van der Waals surface area contributed by atoms with Gasteiger partial charge in [-0.3, -0.25) is 4.90 Å². The van der Waals surface area contributed by atoms with Gasteiger partial charge in [0.05, 0.1) is 10.2 Å². The highest BCUT2D eigenvalue weighted by atomic mass is 79.9. The maximum absolute atomic E-state index is 13.2. The minimum atomic E-state index is -0.537. The molecule has 1 aliphatic rings. The number of rotatable bonds is 0. The third-order valence-corrected chi connectivity index (χ3v) is 2.89. The van der Waals surface area contributed by atoms with Crippen LogP contribution >= 0.6 is 15.9 Å². The first-order valence-electron chi connectivity index (χ1n) is 4.14. The van der Waals surface area contributed by atoms with Gasteiger partial charge in [-0.1, -0.05) is 0 Å². The molecule has 5 heteroatoms. The van der Waals surface area contributed by atoms with Crippen LogP contribution in [0.4, 0.5) is 14.9 Å². The van der Waals surface area contributed by atoms with Crippen LogP contribution in [0.5, 0.6) is 0 Å². The molecule has 3 nitrogen and oxygen atoms in total. The molecule has 0 bridgehead atoms. The smallest absolute Gasteiger partial charge is 0.319 e. The molecule has 1 heterocycles.